The van der Waals surface area contributed by atoms with Crippen LogP contribution in [-0.2, 0) is 0 Å². The lowest BCUT2D eigenvalue weighted by atomic mass is 9.94. The summed E-state index contributed by atoms with van der Waals surface area (Å²) in [6.45, 7) is 0. The Balaban J connectivity index is 1.15. The molecule has 1 aliphatic heterocycles. The van der Waals surface area contributed by atoms with Gasteiger partial charge in [-0.3, -0.25) is 0 Å². The van der Waals surface area contributed by atoms with Crippen molar-refractivity contribution in [3.63, 3.8) is 0 Å². The highest BCUT2D eigenvalue weighted by molar-refractivity contribution is 6.24. The molecule has 1 aliphatic rings. The van der Waals surface area contributed by atoms with Crippen LogP contribution in [0.4, 0.5) is 0 Å². The Morgan fingerprint density at radius 1 is 0.471 bits per heavy atom. The van der Waals surface area contributed by atoms with Crippen molar-refractivity contribution in [2.45, 2.75) is 6.17 Å². The van der Waals surface area contributed by atoms with E-state index in [0.29, 0.717) is 5.84 Å². The van der Waals surface area contributed by atoms with E-state index in [2.05, 4.69) is 145 Å². The fourth-order valence-corrected chi connectivity index (χ4v) is 7.38. The predicted octanol–water partition coefficient (Wildman–Crippen LogP) is 11.7. The Morgan fingerprint density at radius 3 is 1.88 bits per heavy atom. The highest BCUT2D eigenvalue weighted by Crippen LogP contribution is 2.40. The van der Waals surface area contributed by atoms with E-state index in [0.717, 1.165) is 55.6 Å². The molecule has 1 atom stereocenters. The molecule has 0 saturated carbocycles. The molecule has 51 heavy (non-hydrogen) atoms. The number of fused-ring (bicyclic) bond motifs is 6. The van der Waals surface area contributed by atoms with Gasteiger partial charge in [0.25, 0.3) is 0 Å². The molecule has 1 aromatic heterocycles. The topological polar surface area (TPSA) is 49.9 Å². The van der Waals surface area contributed by atoms with E-state index in [1.54, 1.807) is 0 Å². The van der Waals surface area contributed by atoms with Crippen molar-refractivity contribution < 1.29 is 4.42 Å². The van der Waals surface area contributed by atoms with Crippen molar-refractivity contribution in [1.82, 2.24) is 5.32 Å². The van der Waals surface area contributed by atoms with Gasteiger partial charge in [-0.1, -0.05) is 152 Å². The summed E-state index contributed by atoms with van der Waals surface area (Å²) in [4.78, 5) is 10.5. The number of aliphatic imine (C=N–C) groups is 2. The van der Waals surface area contributed by atoms with Crippen LogP contribution in [0.3, 0.4) is 0 Å². The summed E-state index contributed by atoms with van der Waals surface area (Å²) in [6, 6.07) is 61.6. The molecule has 0 bridgehead atoms. The number of benzene rings is 8. The van der Waals surface area contributed by atoms with Gasteiger partial charge in [0, 0.05) is 27.5 Å². The molecule has 2 heterocycles. The first-order valence-corrected chi connectivity index (χ1v) is 17.3. The molecule has 4 heteroatoms. The third-order valence-corrected chi connectivity index (χ3v) is 9.95. The number of nitrogens with zero attached hydrogens (tertiary/aromatic N) is 2. The van der Waals surface area contributed by atoms with E-state index in [1.807, 2.05) is 36.4 Å². The van der Waals surface area contributed by atoms with E-state index in [4.69, 9.17) is 14.4 Å². The van der Waals surface area contributed by atoms with Crippen molar-refractivity contribution in [2.75, 3.05) is 0 Å². The Kier molecular flexibility index (Phi) is 6.85. The summed E-state index contributed by atoms with van der Waals surface area (Å²) in [5, 5.41) is 10.6. The lowest BCUT2D eigenvalue weighted by molar-refractivity contribution is 0.669. The maximum absolute atomic E-state index is 6.73. The second-order valence-corrected chi connectivity index (χ2v) is 13.0. The first kappa shape index (κ1) is 29.2. The smallest absolute Gasteiger partial charge is 0.160 e. The van der Waals surface area contributed by atoms with Crippen LogP contribution < -0.4 is 5.32 Å². The molecule has 0 amide bonds. The molecule has 9 aromatic rings. The van der Waals surface area contributed by atoms with Crippen LogP contribution >= 0.6 is 0 Å². The Labute approximate surface area is 295 Å². The van der Waals surface area contributed by atoms with Gasteiger partial charge in [-0.2, -0.15) is 0 Å². The summed E-state index contributed by atoms with van der Waals surface area (Å²) in [6.07, 6.45) is -0.334. The summed E-state index contributed by atoms with van der Waals surface area (Å²) in [5.41, 5.74) is 9.15. The highest BCUT2D eigenvalue weighted by atomic mass is 16.3. The molecule has 4 nitrogen and oxygen atoms in total. The minimum Gasteiger partial charge on any atom is -0.455 e. The lowest BCUT2D eigenvalue weighted by Gasteiger charge is -2.24. The largest absolute Gasteiger partial charge is 0.455 e. The van der Waals surface area contributed by atoms with Crippen LogP contribution in [0.5, 0.6) is 0 Å². The molecular weight excluding hydrogens is 623 g/mol. The average Bonchev–Trinajstić information content (AvgIpc) is 3.61. The van der Waals surface area contributed by atoms with Gasteiger partial charge in [-0.25, -0.2) is 9.98 Å². The van der Waals surface area contributed by atoms with Gasteiger partial charge in [0.15, 0.2) is 5.84 Å². The number of rotatable bonds is 5. The monoisotopic (exact) mass is 653 g/mol. The fourth-order valence-electron chi connectivity index (χ4n) is 7.38. The van der Waals surface area contributed by atoms with Crippen LogP contribution in [0, 0.1) is 0 Å². The van der Waals surface area contributed by atoms with E-state index in [-0.39, 0.29) is 6.17 Å². The van der Waals surface area contributed by atoms with E-state index >= 15 is 0 Å². The van der Waals surface area contributed by atoms with Crippen molar-refractivity contribution in [3.05, 3.63) is 193 Å². The summed E-state index contributed by atoms with van der Waals surface area (Å²) >= 11 is 0. The summed E-state index contributed by atoms with van der Waals surface area (Å²) < 4.78 is 6.73. The normalized spacial score (nSPS) is 14.5. The predicted molar refractivity (Wildman–Crippen MR) is 211 cm³/mol. The molecule has 0 radical (unpaired) electrons. The number of furan rings is 1. The SMILES string of the molecule is c1ccc(C2=NC(c3ccc(-c4ccc5ccc6ccccc6c5c4)c4oc5ccccc5c34)=NC(c3ccc(-c4ccccc4)cc3)N2)cc1. The van der Waals surface area contributed by atoms with E-state index in [9.17, 15) is 0 Å². The first-order chi connectivity index (χ1) is 25.3. The maximum atomic E-state index is 6.73. The zero-order valence-corrected chi connectivity index (χ0v) is 27.6. The van der Waals surface area contributed by atoms with Crippen LogP contribution in [0.1, 0.15) is 22.9 Å². The molecular formula is C47H31N3O. The number of hydrogen-bond acceptors (Lipinski definition) is 4. The standard InChI is InChI=1S/C47H31N3O/c1-3-11-30(12-4-1)31-19-24-35(25-20-31)46-48-45(34-14-5-2-6-15-34)49-47(50-46)40-28-27-38(44-43(40)39-17-9-10-18-42(39)51-44)36-26-23-33-22-21-32-13-7-8-16-37(32)41(33)29-36/h1-29,46H,(H,48,49,50). The maximum Gasteiger partial charge on any atom is 0.160 e. The molecule has 0 saturated heterocycles. The molecule has 1 unspecified atom stereocenters. The van der Waals surface area contributed by atoms with Gasteiger partial charge in [-0.15, -0.1) is 0 Å². The third-order valence-electron chi connectivity index (χ3n) is 9.95. The zero-order chi connectivity index (χ0) is 33.7. The fraction of sp³-hybridized carbons (Fsp3) is 0.0213. The van der Waals surface area contributed by atoms with Crippen molar-refractivity contribution >= 4 is 55.2 Å². The molecule has 0 fully saturated rings. The van der Waals surface area contributed by atoms with Gasteiger partial charge >= 0.3 is 0 Å². The van der Waals surface area contributed by atoms with Crippen LogP contribution in [0.2, 0.25) is 0 Å². The zero-order valence-electron chi connectivity index (χ0n) is 27.6. The van der Waals surface area contributed by atoms with Crippen LogP contribution in [-0.4, -0.2) is 11.7 Å². The van der Waals surface area contributed by atoms with Crippen LogP contribution in [0.15, 0.2) is 190 Å². The second-order valence-electron chi connectivity index (χ2n) is 13.0. The Morgan fingerprint density at radius 2 is 1.08 bits per heavy atom. The number of para-hydroxylation sites is 1. The number of nitrogens with one attached hydrogen (secondary N) is 1. The Bertz CT molecular complexity index is 2820. The minimum absolute atomic E-state index is 0.334. The molecule has 1 N–H and O–H groups in total. The van der Waals surface area contributed by atoms with Gasteiger partial charge < -0.3 is 9.73 Å². The summed E-state index contributed by atoms with van der Waals surface area (Å²) in [7, 11) is 0. The van der Waals surface area contributed by atoms with Crippen LogP contribution in [0.25, 0.3) is 65.7 Å². The minimum atomic E-state index is -0.334. The number of amidine groups is 2. The van der Waals surface area contributed by atoms with Crippen molar-refractivity contribution in [1.29, 1.82) is 0 Å². The van der Waals surface area contributed by atoms with E-state index < -0.39 is 0 Å². The Hall–Kier alpha value is -6.78. The molecule has 8 aromatic carbocycles. The van der Waals surface area contributed by atoms with Gasteiger partial charge in [0.05, 0.1) is 0 Å². The van der Waals surface area contributed by atoms with Crippen molar-refractivity contribution in [3.8, 4) is 22.3 Å². The quantitative estimate of drug-likeness (QED) is 0.188. The first-order valence-electron chi connectivity index (χ1n) is 17.3. The third kappa shape index (κ3) is 5.08. The number of hydrogen-bond donors (Lipinski definition) is 1. The van der Waals surface area contributed by atoms with Gasteiger partial charge in [0.1, 0.15) is 23.2 Å². The lowest BCUT2D eigenvalue weighted by Crippen LogP contribution is -2.33. The molecule has 0 aliphatic carbocycles. The van der Waals surface area contributed by atoms with Gasteiger partial charge in [-0.05, 0) is 68.1 Å². The average molecular weight is 654 g/mol. The second kappa shape index (κ2) is 12.0. The highest BCUT2D eigenvalue weighted by Gasteiger charge is 2.25. The summed E-state index contributed by atoms with van der Waals surface area (Å²) in [5.74, 6) is 1.45. The van der Waals surface area contributed by atoms with Crippen molar-refractivity contribution in [2.24, 2.45) is 9.98 Å². The molecule has 10 rings (SSSR count). The molecule has 240 valence electrons. The van der Waals surface area contributed by atoms with Gasteiger partial charge in [0.2, 0.25) is 0 Å². The molecule has 0 spiro atoms. The van der Waals surface area contributed by atoms with E-state index in [1.165, 1.54) is 32.7 Å².